The number of rotatable bonds is 7. The summed E-state index contributed by atoms with van der Waals surface area (Å²) < 4.78 is 11.3. The number of aryl methyl sites for hydroxylation is 1. The van der Waals surface area contributed by atoms with Crippen LogP contribution in [0.5, 0.6) is 11.5 Å². The van der Waals surface area contributed by atoms with Crippen molar-refractivity contribution in [1.82, 2.24) is 0 Å². The largest absolute Gasteiger partial charge is 0.497 e. The molecule has 0 bridgehead atoms. The van der Waals surface area contributed by atoms with Gasteiger partial charge in [-0.3, -0.25) is 0 Å². The number of ether oxygens (including phenoxy) is 2. The molecule has 0 amide bonds. The Hall–Kier alpha value is -2.16. The molecular formula is C19H25NO2. The van der Waals surface area contributed by atoms with Crippen molar-refractivity contribution in [2.75, 3.05) is 25.1 Å². The normalized spacial score (nSPS) is 10.4. The van der Waals surface area contributed by atoms with Gasteiger partial charge in [-0.2, -0.15) is 0 Å². The van der Waals surface area contributed by atoms with Gasteiger partial charge in [0.05, 0.1) is 12.8 Å². The lowest BCUT2D eigenvalue weighted by Crippen LogP contribution is -2.22. The second kappa shape index (κ2) is 7.74. The van der Waals surface area contributed by atoms with Gasteiger partial charge in [0.2, 0.25) is 0 Å². The molecule has 0 heterocycles. The Morgan fingerprint density at radius 2 is 1.77 bits per heavy atom. The van der Waals surface area contributed by atoms with Gasteiger partial charge in [0.15, 0.2) is 0 Å². The minimum Gasteiger partial charge on any atom is -0.497 e. The molecule has 0 saturated heterocycles. The molecule has 0 radical (unpaired) electrons. The average molecular weight is 299 g/mol. The molecule has 0 aliphatic carbocycles. The van der Waals surface area contributed by atoms with Gasteiger partial charge in [-0.1, -0.05) is 18.2 Å². The molecule has 0 saturated carbocycles. The zero-order valence-electron chi connectivity index (χ0n) is 13.9. The van der Waals surface area contributed by atoms with Crippen LogP contribution in [0, 0.1) is 6.92 Å². The smallest absolute Gasteiger partial charge is 0.143 e. The lowest BCUT2D eigenvalue weighted by atomic mass is 10.2. The molecule has 0 aromatic heterocycles. The molecule has 2 rings (SSSR count). The van der Waals surface area contributed by atoms with Crippen LogP contribution in [0.4, 0.5) is 5.69 Å². The first-order valence-electron chi connectivity index (χ1n) is 7.79. The zero-order chi connectivity index (χ0) is 15.9. The summed E-state index contributed by atoms with van der Waals surface area (Å²) in [6.07, 6.45) is 0. The van der Waals surface area contributed by atoms with Crippen LogP contribution in [0.25, 0.3) is 0 Å². The number of methoxy groups -OCH3 is 1. The zero-order valence-corrected chi connectivity index (χ0v) is 13.9. The van der Waals surface area contributed by atoms with Crippen molar-refractivity contribution in [2.24, 2.45) is 0 Å². The maximum Gasteiger partial charge on any atom is 0.143 e. The third-order valence-corrected chi connectivity index (χ3v) is 3.75. The molecule has 0 N–H and O–H groups in total. The number of hydrogen-bond donors (Lipinski definition) is 0. The van der Waals surface area contributed by atoms with E-state index in [0.717, 1.165) is 35.8 Å². The quantitative estimate of drug-likeness (QED) is 0.755. The Morgan fingerprint density at radius 3 is 2.45 bits per heavy atom. The number of benzene rings is 2. The van der Waals surface area contributed by atoms with E-state index in [9.17, 15) is 0 Å². The summed E-state index contributed by atoms with van der Waals surface area (Å²) in [5.74, 6) is 1.79. The summed E-state index contributed by atoms with van der Waals surface area (Å²) >= 11 is 0. The monoisotopic (exact) mass is 299 g/mol. The van der Waals surface area contributed by atoms with E-state index in [1.54, 1.807) is 7.11 Å². The van der Waals surface area contributed by atoms with E-state index in [1.807, 2.05) is 18.2 Å². The first-order chi connectivity index (χ1) is 10.7. The lowest BCUT2D eigenvalue weighted by Gasteiger charge is -2.24. The van der Waals surface area contributed by atoms with Crippen LogP contribution in [0.1, 0.15) is 25.0 Å². The van der Waals surface area contributed by atoms with Crippen molar-refractivity contribution in [3.05, 3.63) is 53.6 Å². The van der Waals surface area contributed by atoms with Crippen molar-refractivity contribution in [3.63, 3.8) is 0 Å². The molecule has 3 heteroatoms. The van der Waals surface area contributed by atoms with Crippen LogP contribution in [0.2, 0.25) is 0 Å². The second-order valence-corrected chi connectivity index (χ2v) is 5.28. The maximum absolute atomic E-state index is 6.09. The van der Waals surface area contributed by atoms with Gasteiger partial charge >= 0.3 is 0 Å². The Kier molecular flexibility index (Phi) is 5.70. The SMILES string of the molecule is CCN(CC)c1ccc(C)cc1OCc1cccc(OC)c1. The highest BCUT2D eigenvalue weighted by atomic mass is 16.5. The van der Waals surface area contributed by atoms with Crippen LogP contribution in [-0.4, -0.2) is 20.2 Å². The summed E-state index contributed by atoms with van der Waals surface area (Å²) in [6.45, 7) is 8.88. The van der Waals surface area contributed by atoms with Crippen LogP contribution < -0.4 is 14.4 Å². The summed E-state index contributed by atoms with van der Waals surface area (Å²) in [4.78, 5) is 2.31. The average Bonchev–Trinajstić information content (AvgIpc) is 2.55. The maximum atomic E-state index is 6.09. The molecule has 0 aliphatic heterocycles. The number of hydrogen-bond acceptors (Lipinski definition) is 3. The Bertz CT molecular complexity index is 606. The lowest BCUT2D eigenvalue weighted by molar-refractivity contribution is 0.305. The van der Waals surface area contributed by atoms with Crippen LogP contribution in [0.15, 0.2) is 42.5 Å². The number of nitrogens with zero attached hydrogens (tertiary/aromatic N) is 1. The summed E-state index contributed by atoms with van der Waals surface area (Å²) in [6, 6.07) is 14.4. The molecule has 2 aromatic carbocycles. The van der Waals surface area contributed by atoms with E-state index in [0.29, 0.717) is 6.61 Å². The van der Waals surface area contributed by atoms with Gasteiger partial charge in [-0.15, -0.1) is 0 Å². The van der Waals surface area contributed by atoms with E-state index in [4.69, 9.17) is 9.47 Å². The van der Waals surface area contributed by atoms with Crippen molar-refractivity contribution in [3.8, 4) is 11.5 Å². The molecule has 0 atom stereocenters. The van der Waals surface area contributed by atoms with Gasteiger partial charge in [0, 0.05) is 13.1 Å². The van der Waals surface area contributed by atoms with Crippen LogP contribution in [-0.2, 0) is 6.61 Å². The van der Waals surface area contributed by atoms with Gasteiger partial charge in [-0.05, 0) is 56.2 Å². The second-order valence-electron chi connectivity index (χ2n) is 5.28. The van der Waals surface area contributed by atoms with E-state index in [-0.39, 0.29) is 0 Å². The molecular weight excluding hydrogens is 274 g/mol. The van der Waals surface area contributed by atoms with Crippen LogP contribution >= 0.6 is 0 Å². The fraction of sp³-hybridized carbons (Fsp3) is 0.368. The fourth-order valence-corrected chi connectivity index (χ4v) is 2.49. The Balaban J connectivity index is 2.19. The molecule has 0 unspecified atom stereocenters. The molecule has 2 aromatic rings. The summed E-state index contributed by atoms with van der Waals surface area (Å²) in [5, 5.41) is 0. The molecule has 0 fully saturated rings. The third kappa shape index (κ3) is 3.94. The highest BCUT2D eigenvalue weighted by Gasteiger charge is 2.10. The minimum atomic E-state index is 0.537. The van der Waals surface area contributed by atoms with Crippen molar-refractivity contribution in [2.45, 2.75) is 27.4 Å². The Morgan fingerprint density at radius 1 is 1.00 bits per heavy atom. The Labute approximate surface area is 133 Å². The van der Waals surface area contributed by atoms with Gasteiger partial charge < -0.3 is 14.4 Å². The van der Waals surface area contributed by atoms with E-state index >= 15 is 0 Å². The first kappa shape index (κ1) is 16.2. The molecule has 0 spiro atoms. The fourth-order valence-electron chi connectivity index (χ4n) is 2.49. The van der Waals surface area contributed by atoms with Gasteiger partial charge in [0.25, 0.3) is 0 Å². The van der Waals surface area contributed by atoms with E-state index in [2.05, 4.69) is 49.9 Å². The van der Waals surface area contributed by atoms with Crippen molar-refractivity contribution in [1.29, 1.82) is 0 Å². The minimum absolute atomic E-state index is 0.537. The highest BCUT2D eigenvalue weighted by Crippen LogP contribution is 2.30. The van der Waals surface area contributed by atoms with Gasteiger partial charge in [0.1, 0.15) is 18.1 Å². The molecule has 3 nitrogen and oxygen atoms in total. The summed E-state index contributed by atoms with van der Waals surface area (Å²) in [5.41, 5.74) is 3.46. The van der Waals surface area contributed by atoms with Gasteiger partial charge in [-0.25, -0.2) is 0 Å². The highest BCUT2D eigenvalue weighted by molar-refractivity contribution is 5.59. The molecule has 0 aliphatic rings. The van der Waals surface area contributed by atoms with Crippen molar-refractivity contribution >= 4 is 5.69 Å². The van der Waals surface area contributed by atoms with Crippen molar-refractivity contribution < 1.29 is 9.47 Å². The summed E-state index contributed by atoms with van der Waals surface area (Å²) in [7, 11) is 1.68. The first-order valence-corrected chi connectivity index (χ1v) is 7.79. The standard InChI is InChI=1S/C19H25NO2/c1-5-20(6-2)18-11-10-15(3)12-19(18)22-14-16-8-7-9-17(13-16)21-4/h7-13H,5-6,14H2,1-4H3. The molecule has 22 heavy (non-hydrogen) atoms. The predicted molar refractivity (Wildman–Crippen MR) is 92.1 cm³/mol. The topological polar surface area (TPSA) is 21.7 Å². The number of anilines is 1. The van der Waals surface area contributed by atoms with Crippen LogP contribution in [0.3, 0.4) is 0 Å². The predicted octanol–water partition coefficient (Wildman–Crippen LogP) is 4.43. The molecule has 118 valence electrons. The van der Waals surface area contributed by atoms with E-state index in [1.165, 1.54) is 5.56 Å². The third-order valence-electron chi connectivity index (χ3n) is 3.75. The van der Waals surface area contributed by atoms with E-state index < -0.39 is 0 Å².